The lowest BCUT2D eigenvalue weighted by Crippen LogP contribution is -2.16. The number of rotatable bonds is 6. The average molecular weight is 573 g/mol. The Hall–Kier alpha value is -4.18. The van der Waals surface area contributed by atoms with Crippen LogP contribution in [-0.4, -0.2) is 35.5 Å². The molecule has 0 saturated carbocycles. The summed E-state index contributed by atoms with van der Waals surface area (Å²) in [4.78, 5) is 16.7. The Kier molecular flexibility index (Phi) is 7.03. The number of nitrogens with zero attached hydrogens (tertiary/aromatic N) is 3. The second kappa shape index (κ2) is 9.85. The average Bonchev–Trinajstić information content (AvgIpc) is 3.26. The van der Waals surface area contributed by atoms with Crippen LogP contribution < -0.4 is 15.2 Å². The summed E-state index contributed by atoms with van der Waals surface area (Å²) < 4.78 is 110. The molecule has 0 aliphatic carbocycles. The van der Waals surface area contributed by atoms with E-state index in [0.717, 1.165) is 24.4 Å². The molecule has 1 amide bonds. The number of nitrogens with two attached hydrogens (primary N) is 1. The monoisotopic (exact) mass is 573 g/mol. The first-order valence-corrected chi connectivity index (χ1v) is 12.4. The Balaban J connectivity index is 1.84. The van der Waals surface area contributed by atoms with Crippen molar-refractivity contribution >= 4 is 27.3 Å². The lowest BCUT2D eigenvalue weighted by molar-refractivity contribution is -0.142. The molecule has 3 N–H and O–H groups in total. The number of amides is 1. The second-order valence-corrected chi connectivity index (χ2v) is 9.55. The van der Waals surface area contributed by atoms with Crippen molar-refractivity contribution in [3.05, 3.63) is 71.5 Å². The second-order valence-electron chi connectivity index (χ2n) is 7.99. The molecule has 0 unspecified atom stereocenters. The fraction of sp³-hybridized carbons (Fsp3) is 0.174. The summed E-state index contributed by atoms with van der Waals surface area (Å²) in [5.41, 5.74) is -4.06. The molecule has 0 atom stereocenters. The first-order valence-electron chi connectivity index (χ1n) is 10.8. The van der Waals surface area contributed by atoms with Crippen LogP contribution in [0.2, 0.25) is 0 Å². The summed E-state index contributed by atoms with van der Waals surface area (Å²) in [6.07, 6.45) is -8.96. The minimum absolute atomic E-state index is 0.0397. The number of primary sulfonamides is 1. The van der Waals surface area contributed by atoms with Gasteiger partial charge in [-0.05, 0) is 43.3 Å². The quantitative estimate of drug-likeness (QED) is 0.321. The Morgan fingerprint density at radius 2 is 1.77 bits per heavy atom. The van der Waals surface area contributed by atoms with E-state index in [1.54, 1.807) is 0 Å². The normalized spacial score (nSPS) is 12.5. The molecule has 39 heavy (non-hydrogen) atoms. The Labute approximate surface area is 216 Å². The van der Waals surface area contributed by atoms with Crippen LogP contribution in [0.15, 0.2) is 59.6 Å². The highest BCUT2D eigenvalue weighted by molar-refractivity contribution is 7.89. The minimum atomic E-state index is -4.99. The fourth-order valence-corrected chi connectivity index (χ4v) is 4.17. The van der Waals surface area contributed by atoms with Crippen molar-refractivity contribution in [2.24, 2.45) is 5.14 Å². The topological polar surface area (TPSA) is 129 Å². The van der Waals surface area contributed by atoms with Crippen molar-refractivity contribution in [2.45, 2.75) is 24.2 Å². The van der Waals surface area contributed by atoms with Crippen molar-refractivity contribution in [1.82, 2.24) is 14.6 Å². The molecule has 0 fully saturated rings. The number of ether oxygens (including phenoxy) is 1. The molecule has 0 saturated heterocycles. The standard InChI is InChI=1S/C23H17F6N5O4S/c1-2-38-18-8-12(6-7-16(18)22(24,25)26)17-10-19(23(27,28)29)34-20(33-17)15(11-31-34)21(35)32-13-4-3-5-14(9-13)39(30,36)37/h3-11H,2H2,1H3,(H,32,35)(H2,30,36,37). The van der Waals surface area contributed by atoms with Gasteiger partial charge in [0.25, 0.3) is 5.91 Å². The molecule has 0 aliphatic rings. The number of sulfonamides is 1. The van der Waals surface area contributed by atoms with E-state index >= 15 is 0 Å². The smallest absolute Gasteiger partial charge is 0.433 e. The number of carbonyl (C=O) groups is 1. The number of carbonyl (C=O) groups excluding carboxylic acids is 1. The number of benzene rings is 2. The number of hydrogen-bond donors (Lipinski definition) is 2. The number of fused-ring (bicyclic) bond motifs is 1. The van der Waals surface area contributed by atoms with E-state index in [0.29, 0.717) is 16.6 Å². The molecule has 0 radical (unpaired) electrons. The van der Waals surface area contributed by atoms with Gasteiger partial charge in [-0.25, -0.2) is 23.1 Å². The van der Waals surface area contributed by atoms with E-state index in [2.05, 4.69) is 15.4 Å². The third-order valence-corrected chi connectivity index (χ3v) is 6.22. The molecular weight excluding hydrogens is 556 g/mol. The Morgan fingerprint density at radius 1 is 1.05 bits per heavy atom. The Morgan fingerprint density at radius 3 is 2.38 bits per heavy atom. The number of alkyl halides is 6. The zero-order valence-corrected chi connectivity index (χ0v) is 20.4. The zero-order valence-electron chi connectivity index (χ0n) is 19.6. The summed E-state index contributed by atoms with van der Waals surface area (Å²) in [6.45, 7) is 1.29. The molecule has 2 aromatic carbocycles. The van der Waals surface area contributed by atoms with Crippen LogP contribution in [0.3, 0.4) is 0 Å². The molecule has 2 aromatic heterocycles. The van der Waals surface area contributed by atoms with E-state index in [9.17, 15) is 39.6 Å². The minimum Gasteiger partial charge on any atom is -0.493 e. The van der Waals surface area contributed by atoms with E-state index in [1.165, 1.54) is 25.1 Å². The van der Waals surface area contributed by atoms with E-state index < -0.39 is 62.2 Å². The van der Waals surface area contributed by atoms with Crippen LogP contribution in [0.5, 0.6) is 5.75 Å². The zero-order chi connectivity index (χ0) is 28.8. The predicted molar refractivity (Wildman–Crippen MR) is 125 cm³/mol. The number of nitrogens with one attached hydrogen (secondary N) is 1. The summed E-state index contributed by atoms with van der Waals surface area (Å²) in [5.74, 6) is -1.60. The molecule has 4 aromatic rings. The van der Waals surface area contributed by atoms with Gasteiger partial charge in [0.15, 0.2) is 11.3 Å². The van der Waals surface area contributed by atoms with Gasteiger partial charge in [0.1, 0.15) is 11.3 Å². The van der Waals surface area contributed by atoms with Crippen molar-refractivity contribution in [1.29, 1.82) is 0 Å². The molecule has 0 aliphatic heterocycles. The summed E-state index contributed by atoms with van der Waals surface area (Å²) in [7, 11) is -4.11. The molecule has 0 bridgehead atoms. The molecule has 4 rings (SSSR count). The maximum atomic E-state index is 13.9. The summed E-state index contributed by atoms with van der Waals surface area (Å²) in [5, 5.41) is 11.0. The van der Waals surface area contributed by atoms with Gasteiger partial charge in [-0.2, -0.15) is 31.4 Å². The number of anilines is 1. The van der Waals surface area contributed by atoms with Crippen molar-refractivity contribution < 1.29 is 44.3 Å². The van der Waals surface area contributed by atoms with Crippen LogP contribution in [0.1, 0.15) is 28.5 Å². The van der Waals surface area contributed by atoms with Crippen molar-refractivity contribution in [3.63, 3.8) is 0 Å². The van der Waals surface area contributed by atoms with Crippen LogP contribution in [0.25, 0.3) is 16.9 Å². The van der Waals surface area contributed by atoms with Gasteiger partial charge >= 0.3 is 12.4 Å². The first kappa shape index (κ1) is 27.8. The van der Waals surface area contributed by atoms with Gasteiger partial charge in [-0.1, -0.05) is 12.1 Å². The lowest BCUT2D eigenvalue weighted by atomic mass is 10.1. The van der Waals surface area contributed by atoms with Crippen LogP contribution in [-0.2, 0) is 22.4 Å². The summed E-state index contributed by atoms with van der Waals surface area (Å²) >= 11 is 0. The highest BCUT2D eigenvalue weighted by atomic mass is 32.2. The van der Waals surface area contributed by atoms with Gasteiger partial charge in [-0.3, -0.25) is 4.79 Å². The molecule has 2 heterocycles. The number of aromatic nitrogens is 3. The van der Waals surface area contributed by atoms with Crippen molar-refractivity contribution in [3.8, 4) is 17.0 Å². The molecule has 206 valence electrons. The third kappa shape index (κ3) is 5.80. The van der Waals surface area contributed by atoms with Gasteiger partial charge < -0.3 is 10.1 Å². The van der Waals surface area contributed by atoms with E-state index in [4.69, 9.17) is 9.88 Å². The van der Waals surface area contributed by atoms with Crippen LogP contribution in [0, 0.1) is 0 Å². The van der Waals surface area contributed by atoms with Crippen molar-refractivity contribution in [2.75, 3.05) is 11.9 Å². The number of halogens is 6. The third-order valence-electron chi connectivity index (χ3n) is 5.31. The van der Waals surface area contributed by atoms with E-state index in [1.807, 2.05) is 0 Å². The lowest BCUT2D eigenvalue weighted by Gasteiger charge is -2.15. The summed E-state index contributed by atoms with van der Waals surface area (Å²) in [6, 6.07) is 7.87. The van der Waals surface area contributed by atoms with Gasteiger partial charge in [-0.15, -0.1) is 0 Å². The predicted octanol–water partition coefficient (Wildman–Crippen LogP) is 4.73. The largest absolute Gasteiger partial charge is 0.493 e. The van der Waals surface area contributed by atoms with Gasteiger partial charge in [0.05, 0.1) is 29.0 Å². The molecular formula is C23H17F6N5O4S. The SMILES string of the molecule is CCOc1cc(-c2cc(C(F)(F)F)n3ncc(C(=O)Nc4cccc(S(N)(=O)=O)c4)c3n2)ccc1C(F)(F)F. The molecule has 0 spiro atoms. The highest BCUT2D eigenvalue weighted by Crippen LogP contribution is 2.39. The number of hydrogen-bond acceptors (Lipinski definition) is 6. The van der Waals surface area contributed by atoms with Gasteiger partial charge in [0, 0.05) is 11.3 Å². The Bertz CT molecular complexity index is 1680. The molecule has 9 nitrogen and oxygen atoms in total. The fourth-order valence-electron chi connectivity index (χ4n) is 3.61. The maximum Gasteiger partial charge on any atom is 0.433 e. The maximum absolute atomic E-state index is 13.9. The van der Waals surface area contributed by atoms with Crippen LogP contribution in [0.4, 0.5) is 32.0 Å². The molecule has 16 heteroatoms. The van der Waals surface area contributed by atoms with E-state index in [-0.39, 0.29) is 22.8 Å². The van der Waals surface area contributed by atoms with Gasteiger partial charge in [0.2, 0.25) is 10.0 Å². The first-order chi connectivity index (χ1) is 18.1. The van der Waals surface area contributed by atoms with Crippen LogP contribution >= 0.6 is 0 Å². The highest BCUT2D eigenvalue weighted by Gasteiger charge is 2.37.